The van der Waals surface area contributed by atoms with E-state index in [1.54, 1.807) is 40.7 Å². The standard InChI is InChI=1S/C34H36ClFN8O4S/c1-34(2,3)48-33(46)42-12-10-41(11-13-42)22-7-5-20(6-8-22)23-16-25(35)24-18-44(40-27(24)30(23)47-4)29(31(45)39-32-37-9-14-49-32)28-26-15-21(36)17-43(26)19-38-28/h5-9,14,16,18-19,21,29H,10-13,15,17H2,1-4H3,(H,37,39,45). The number of nitrogens with one attached hydrogen (secondary N) is 1. The Bertz CT molecular complexity index is 2000. The van der Waals surface area contributed by atoms with Crippen LogP contribution in [0.25, 0.3) is 22.0 Å². The summed E-state index contributed by atoms with van der Waals surface area (Å²) in [6, 6.07) is 8.88. The Kier molecular flexibility index (Phi) is 8.69. The molecule has 2 amide bonds. The van der Waals surface area contributed by atoms with Gasteiger partial charge in [0.05, 0.1) is 30.7 Å². The Morgan fingerprint density at radius 1 is 1.12 bits per heavy atom. The zero-order valence-corrected chi connectivity index (χ0v) is 29.1. The number of rotatable bonds is 7. The molecule has 2 aliphatic heterocycles. The van der Waals surface area contributed by atoms with Crippen molar-refractivity contribution in [2.75, 3.05) is 43.5 Å². The van der Waals surface area contributed by atoms with Crippen molar-refractivity contribution >= 4 is 56.7 Å². The highest BCUT2D eigenvalue weighted by Gasteiger charge is 2.35. The van der Waals surface area contributed by atoms with E-state index in [1.807, 2.05) is 51.1 Å². The van der Waals surface area contributed by atoms with Crippen LogP contribution in [-0.2, 0) is 22.5 Å². The molecule has 7 rings (SSSR count). The molecule has 5 heterocycles. The zero-order valence-electron chi connectivity index (χ0n) is 27.5. The van der Waals surface area contributed by atoms with Crippen molar-refractivity contribution in [1.29, 1.82) is 0 Å². The van der Waals surface area contributed by atoms with Gasteiger partial charge in [-0.3, -0.25) is 14.8 Å². The third kappa shape index (κ3) is 6.54. The first-order valence-electron chi connectivity index (χ1n) is 16.0. The van der Waals surface area contributed by atoms with Crippen LogP contribution in [0.4, 0.5) is 20.0 Å². The lowest BCUT2D eigenvalue weighted by atomic mass is 10.0. The van der Waals surface area contributed by atoms with Gasteiger partial charge in [0, 0.05) is 72.7 Å². The molecule has 15 heteroatoms. The third-order valence-corrected chi connectivity index (χ3v) is 9.62. The summed E-state index contributed by atoms with van der Waals surface area (Å²) in [6.45, 7) is 8.28. The Balaban J connectivity index is 1.18. The second kappa shape index (κ2) is 13.0. The minimum Gasteiger partial charge on any atom is -0.494 e. The predicted molar refractivity (Wildman–Crippen MR) is 186 cm³/mol. The Morgan fingerprint density at radius 3 is 2.55 bits per heavy atom. The molecular weight excluding hydrogens is 671 g/mol. The smallest absolute Gasteiger partial charge is 0.410 e. The first-order valence-corrected chi connectivity index (χ1v) is 17.2. The molecule has 1 saturated heterocycles. The SMILES string of the molecule is COc1c(-c2ccc(N3CCN(C(=O)OC(C)(C)C)CC3)cc2)cc(Cl)c2cn(C(C(=O)Nc3nccs3)c3ncn4c3CC(F)C4)nc12. The quantitative estimate of drug-likeness (QED) is 0.213. The van der Waals surface area contributed by atoms with E-state index in [0.29, 0.717) is 64.4 Å². The minimum atomic E-state index is -1.05. The van der Waals surface area contributed by atoms with Gasteiger partial charge in [0.15, 0.2) is 16.9 Å². The van der Waals surface area contributed by atoms with Gasteiger partial charge in [0.25, 0.3) is 5.91 Å². The fourth-order valence-electron chi connectivity index (χ4n) is 6.36. The number of benzene rings is 2. The van der Waals surface area contributed by atoms with Gasteiger partial charge < -0.3 is 23.8 Å². The van der Waals surface area contributed by atoms with Crippen LogP contribution in [0.5, 0.6) is 5.75 Å². The maximum atomic E-state index is 14.4. The van der Waals surface area contributed by atoms with Crippen molar-refractivity contribution in [3.05, 3.63) is 70.8 Å². The van der Waals surface area contributed by atoms with E-state index >= 15 is 0 Å². The van der Waals surface area contributed by atoms with Gasteiger partial charge in [0.2, 0.25) is 0 Å². The maximum Gasteiger partial charge on any atom is 0.410 e. The number of fused-ring (bicyclic) bond motifs is 2. The van der Waals surface area contributed by atoms with Crippen molar-refractivity contribution < 1.29 is 23.5 Å². The number of methoxy groups -OCH3 is 1. The number of imidazole rings is 1. The minimum absolute atomic E-state index is 0.154. The molecule has 0 aliphatic carbocycles. The van der Waals surface area contributed by atoms with Gasteiger partial charge in [-0.15, -0.1) is 11.3 Å². The van der Waals surface area contributed by atoms with Gasteiger partial charge >= 0.3 is 6.09 Å². The number of carbonyl (C=O) groups is 2. The summed E-state index contributed by atoms with van der Waals surface area (Å²) in [6.07, 6.45) is 3.67. The van der Waals surface area contributed by atoms with Gasteiger partial charge in [0.1, 0.15) is 17.3 Å². The average Bonchev–Trinajstić information content (AvgIpc) is 3.87. The summed E-state index contributed by atoms with van der Waals surface area (Å²) >= 11 is 8.18. The topological polar surface area (TPSA) is 120 Å². The first-order chi connectivity index (χ1) is 23.5. The highest BCUT2D eigenvalue weighted by Crippen LogP contribution is 2.41. The number of alkyl halides is 1. The Hall–Kier alpha value is -4.69. The number of ether oxygens (including phenoxy) is 2. The van der Waals surface area contributed by atoms with Crippen molar-refractivity contribution in [2.24, 2.45) is 0 Å². The summed E-state index contributed by atoms with van der Waals surface area (Å²) in [5.41, 5.74) is 3.63. The number of nitrogens with zero attached hydrogens (tertiary/aromatic N) is 7. The number of halogens is 2. The maximum absolute atomic E-state index is 14.4. The van der Waals surface area contributed by atoms with Crippen LogP contribution in [0.2, 0.25) is 5.02 Å². The van der Waals surface area contributed by atoms with E-state index in [2.05, 4.69) is 20.2 Å². The fourth-order valence-corrected chi connectivity index (χ4v) is 7.14. The second-order valence-electron chi connectivity index (χ2n) is 13.1. The molecule has 0 saturated carbocycles. The lowest BCUT2D eigenvalue weighted by Crippen LogP contribution is -2.50. The van der Waals surface area contributed by atoms with Crippen molar-refractivity contribution in [3.8, 4) is 16.9 Å². The molecule has 0 radical (unpaired) electrons. The molecule has 2 aliphatic rings. The van der Waals surface area contributed by atoms with Crippen molar-refractivity contribution in [1.82, 2.24) is 29.2 Å². The number of anilines is 2. The first kappa shape index (κ1) is 32.8. The molecule has 49 heavy (non-hydrogen) atoms. The summed E-state index contributed by atoms with van der Waals surface area (Å²) in [5, 5.41) is 10.9. The third-order valence-electron chi connectivity index (χ3n) is 8.62. The normalized spacial score (nSPS) is 16.9. The van der Waals surface area contributed by atoms with Crippen LogP contribution < -0.4 is 15.0 Å². The Morgan fingerprint density at radius 2 is 1.88 bits per heavy atom. The van der Waals surface area contributed by atoms with Crippen LogP contribution in [0.3, 0.4) is 0 Å². The van der Waals surface area contributed by atoms with Crippen LogP contribution in [-0.4, -0.2) is 86.3 Å². The number of hydrogen-bond donors (Lipinski definition) is 1. The Labute approximate surface area is 291 Å². The molecule has 0 spiro atoms. The van der Waals surface area contributed by atoms with E-state index in [0.717, 1.165) is 16.8 Å². The average molecular weight is 707 g/mol. The van der Waals surface area contributed by atoms with Crippen LogP contribution in [0, 0.1) is 0 Å². The molecule has 5 aromatic rings. The summed E-state index contributed by atoms with van der Waals surface area (Å²) in [4.78, 5) is 39.0. The number of thiazole rings is 1. The van der Waals surface area contributed by atoms with Gasteiger partial charge in [-0.2, -0.15) is 5.10 Å². The van der Waals surface area contributed by atoms with E-state index in [1.165, 1.54) is 16.0 Å². The summed E-state index contributed by atoms with van der Waals surface area (Å²) in [7, 11) is 1.57. The van der Waals surface area contributed by atoms with Gasteiger partial charge in [-0.25, -0.2) is 19.2 Å². The monoisotopic (exact) mass is 706 g/mol. The van der Waals surface area contributed by atoms with E-state index in [-0.39, 0.29) is 19.1 Å². The molecule has 2 aromatic carbocycles. The molecule has 1 fully saturated rings. The molecule has 0 bridgehead atoms. The second-order valence-corrected chi connectivity index (χ2v) is 14.4. The highest BCUT2D eigenvalue weighted by molar-refractivity contribution is 7.13. The fraction of sp³-hybridized carbons (Fsp3) is 0.382. The predicted octanol–water partition coefficient (Wildman–Crippen LogP) is 6.20. The number of aromatic nitrogens is 5. The molecular formula is C34H36ClFN8O4S. The van der Waals surface area contributed by atoms with Crippen LogP contribution >= 0.6 is 22.9 Å². The van der Waals surface area contributed by atoms with Crippen molar-refractivity contribution in [2.45, 2.75) is 51.6 Å². The molecule has 12 nitrogen and oxygen atoms in total. The van der Waals surface area contributed by atoms with Gasteiger partial charge in [-0.05, 0) is 44.5 Å². The van der Waals surface area contributed by atoms with E-state index in [9.17, 15) is 14.0 Å². The highest BCUT2D eigenvalue weighted by atomic mass is 35.5. The van der Waals surface area contributed by atoms with Crippen LogP contribution in [0.15, 0.2) is 54.4 Å². The number of piperazine rings is 1. The lowest BCUT2D eigenvalue weighted by molar-refractivity contribution is -0.118. The number of carbonyl (C=O) groups excluding carboxylic acids is 2. The largest absolute Gasteiger partial charge is 0.494 e. The summed E-state index contributed by atoms with van der Waals surface area (Å²) in [5.74, 6) is 0.0826. The molecule has 2 unspecified atom stereocenters. The number of hydrogen-bond acceptors (Lipinski definition) is 9. The van der Waals surface area contributed by atoms with Crippen LogP contribution in [0.1, 0.15) is 38.2 Å². The van der Waals surface area contributed by atoms with E-state index in [4.69, 9.17) is 26.2 Å². The van der Waals surface area contributed by atoms with Crippen molar-refractivity contribution in [3.63, 3.8) is 0 Å². The summed E-state index contributed by atoms with van der Waals surface area (Å²) < 4.78 is 29.1. The molecule has 1 N–H and O–H groups in total. The molecule has 2 atom stereocenters. The number of amides is 2. The molecule has 256 valence electrons. The lowest BCUT2D eigenvalue weighted by Gasteiger charge is -2.36. The zero-order chi connectivity index (χ0) is 34.4. The molecule has 3 aromatic heterocycles. The van der Waals surface area contributed by atoms with E-state index < -0.39 is 23.7 Å². The van der Waals surface area contributed by atoms with Gasteiger partial charge in [-0.1, -0.05) is 23.7 Å².